The van der Waals surface area contributed by atoms with Crippen molar-refractivity contribution in [1.29, 1.82) is 0 Å². The van der Waals surface area contributed by atoms with Crippen LogP contribution in [0.25, 0.3) is 11.0 Å². The van der Waals surface area contributed by atoms with E-state index >= 15 is 0 Å². The number of aryl methyl sites for hydroxylation is 1. The lowest BCUT2D eigenvalue weighted by Crippen LogP contribution is -2.35. The Morgan fingerprint density at radius 1 is 1.32 bits per heavy atom. The third kappa shape index (κ3) is 2.91. The minimum atomic E-state index is -0.405. The molecule has 2 unspecified atom stereocenters. The Morgan fingerprint density at radius 3 is 2.79 bits per heavy atom. The summed E-state index contributed by atoms with van der Waals surface area (Å²) in [5.41, 5.74) is 4.90. The number of hydrogen-bond donors (Lipinski definition) is 1. The molecule has 2 saturated carbocycles. The highest BCUT2D eigenvalue weighted by atomic mass is 16.5. The molecule has 1 aromatic carbocycles. The van der Waals surface area contributed by atoms with Gasteiger partial charge in [0, 0.05) is 28.6 Å². The van der Waals surface area contributed by atoms with Gasteiger partial charge in [-0.1, -0.05) is 20.8 Å². The number of rotatable bonds is 4. The maximum atomic E-state index is 12.2. The maximum Gasteiger partial charge on any atom is 0.336 e. The zero-order valence-electron chi connectivity index (χ0n) is 16.8. The van der Waals surface area contributed by atoms with Crippen molar-refractivity contribution in [3.63, 3.8) is 0 Å². The number of ether oxygens (including phenoxy) is 1. The Hall–Kier alpha value is -2.63. The van der Waals surface area contributed by atoms with Crippen molar-refractivity contribution in [3.8, 4) is 5.75 Å². The summed E-state index contributed by atoms with van der Waals surface area (Å²) in [7, 11) is 0. The molecule has 1 aromatic heterocycles. The lowest BCUT2D eigenvalue weighted by molar-refractivity contribution is -0.123. The van der Waals surface area contributed by atoms with Gasteiger partial charge < -0.3 is 9.15 Å². The fourth-order valence-electron chi connectivity index (χ4n) is 4.80. The number of benzene rings is 1. The van der Waals surface area contributed by atoms with Crippen LogP contribution in [0, 0.1) is 23.7 Å². The minimum Gasteiger partial charge on any atom is -0.484 e. The standard InChI is InChI=1S/C22H26N2O4/c1-13-9-20(26)28-17-11-15(5-6-16(13)17)27-12-19(25)24-23-18-10-14-7-8-22(18,4)21(14,2)3/h5-6,9,11,14H,7-8,10,12H2,1-4H3,(H,24,25)/b23-18+. The summed E-state index contributed by atoms with van der Waals surface area (Å²) < 4.78 is 10.8. The first-order valence-electron chi connectivity index (χ1n) is 9.74. The molecule has 0 radical (unpaired) electrons. The van der Waals surface area contributed by atoms with Gasteiger partial charge in [-0.25, -0.2) is 10.2 Å². The van der Waals surface area contributed by atoms with Gasteiger partial charge in [0.05, 0.1) is 0 Å². The number of hydrogen-bond acceptors (Lipinski definition) is 5. The molecule has 1 N–H and O–H groups in total. The van der Waals surface area contributed by atoms with E-state index in [1.807, 2.05) is 13.0 Å². The molecule has 4 rings (SSSR count). The van der Waals surface area contributed by atoms with Crippen LogP contribution < -0.4 is 15.8 Å². The molecule has 6 heteroatoms. The number of nitrogens with one attached hydrogen (secondary N) is 1. The third-order valence-corrected chi connectivity index (χ3v) is 7.12. The van der Waals surface area contributed by atoms with E-state index in [9.17, 15) is 9.59 Å². The van der Waals surface area contributed by atoms with Crippen LogP contribution in [0.4, 0.5) is 0 Å². The molecule has 148 valence electrons. The molecule has 0 saturated heterocycles. The SMILES string of the molecule is Cc1cc(=O)oc2cc(OCC(=O)N/N=C3\CC4CCC3(C)C4(C)C)ccc12. The molecule has 2 aliphatic rings. The summed E-state index contributed by atoms with van der Waals surface area (Å²) >= 11 is 0. The van der Waals surface area contributed by atoms with Gasteiger partial charge in [-0.3, -0.25) is 4.79 Å². The average Bonchev–Trinajstić information content (AvgIpc) is 2.97. The number of hydrazone groups is 1. The Kier molecular flexibility index (Phi) is 4.32. The summed E-state index contributed by atoms with van der Waals surface area (Å²) in [6.45, 7) is 8.56. The van der Waals surface area contributed by atoms with Crippen molar-refractivity contribution in [1.82, 2.24) is 5.43 Å². The van der Waals surface area contributed by atoms with Crippen molar-refractivity contribution in [3.05, 3.63) is 40.2 Å². The fourth-order valence-corrected chi connectivity index (χ4v) is 4.80. The van der Waals surface area contributed by atoms with Crippen LogP contribution in [0.5, 0.6) is 5.75 Å². The van der Waals surface area contributed by atoms with Crippen LogP contribution in [0.1, 0.15) is 45.6 Å². The third-order valence-electron chi connectivity index (χ3n) is 7.12. The topological polar surface area (TPSA) is 80.9 Å². The number of amides is 1. The van der Waals surface area contributed by atoms with E-state index in [1.54, 1.807) is 12.1 Å². The molecule has 2 bridgehead atoms. The highest BCUT2D eigenvalue weighted by molar-refractivity contribution is 5.95. The monoisotopic (exact) mass is 382 g/mol. The molecule has 2 atom stereocenters. The van der Waals surface area contributed by atoms with E-state index in [-0.39, 0.29) is 23.3 Å². The van der Waals surface area contributed by atoms with E-state index in [0.717, 1.165) is 29.5 Å². The van der Waals surface area contributed by atoms with Gasteiger partial charge in [0.1, 0.15) is 11.3 Å². The van der Waals surface area contributed by atoms with Crippen LogP contribution >= 0.6 is 0 Å². The smallest absolute Gasteiger partial charge is 0.336 e. The summed E-state index contributed by atoms with van der Waals surface area (Å²) in [4.78, 5) is 23.7. The summed E-state index contributed by atoms with van der Waals surface area (Å²) in [6.07, 6.45) is 3.31. The molecule has 1 heterocycles. The second-order valence-electron chi connectivity index (χ2n) is 8.78. The zero-order valence-corrected chi connectivity index (χ0v) is 16.8. The zero-order chi connectivity index (χ0) is 20.1. The second kappa shape index (κ2) is 6.47. The van der Waals surface area contributed by atoms with Gasteiger partial charge >= 0.3 is 5.63 Å². The highest BCUT2D eigenvalue weighted by Crippen LogP contribution is 2.63. The number of carbonyl (C=O) groups is 1. The molecular formula is C22H26N2O4. The van der Waals surface area contributed by atoms with E-state index in [4.69, 9.17) is 9.15 Å². The number of fused-ring (bicyclic) bond motifs is 3. The van der Waals surface area contributed by atoms with E-state index < -0.39 is 5.63 Å². The van der Waals surface area contributed by atoms with Gasteiger partial charge in [0.15, 0.2) is 6.61 Å². The van der Waals surface area contributed by atoms with Crippen LogP contribution in [-0.2, 0) is 4.79 Å². The summed E-state index contributed by atoms with van der Waals surface area (Å²) in [5.74, 6) is 0.805. The molecule has 2 aliphatic carbocycles. The van der Waals surface area contributed by atoms with Crippen molar-refractivity contribution in [2.24, 2.45) is 21.8 Å². The van der Waals surface area contributed by atoms with E-state index in [0.29, 0.717) is 17.3 Å². The van der Waals surface area contributed by atoms with E-state index in [1.165, 1.54) is 12.5 Å². The Labute approximate surface area is 164 Å². The Balaban J connectivity index is 1.40. The highest BCUT2D eigenvalue weighted by Gasteiger charge is 2.60. The Morgan fingerprint density at radius 2 is 2.11 bits per heavy atom. The second-order valence-corrected chi connectivity index (χ2v) is 8.78. The quantitative estimate of drug-likeness (QED) is 0.644. The minimum absolute atomic E-state index is 0.0551. The first-order valence-corrected chi connectivity index (χ1v) is 9.74. The lowest BCUT2D eigenvalue weighted by Gasteiger charge is -2.34. The predicted molar refractivity (Wildman–Crippen MR) is 108 cm³/mol. The Bertz CT molecular complexity index is 1040. The van der Waals surface area contributed by atoms with Crippen LogP contribution in [0.3, 0.4) is 0 Å². The molecule has 1 amide bonds. The van der Waals surface area contributed by atoms with Gasteiger partial charge in [0.25, 0.3) is 5.91 Å². The van der Waals surface area contributed by atoms with Crippen molar-refractivity contribution < 1.29 is 13.9 Å². The predicted octanol–water partition coefficient (Wildman–Crippen LogP) is 3.80. The molecule has 6 nitrogen and oxygen atoms in total. The van der Waals surface area contributed by atoms with Gasteiger partial charge in [-0.05, 0) is 55.2 Å². The van der Waals surface area contributed by atoms with Crippen LogP contribution in [0.15, 0.2) is 38.6 Å². The number of nitrogens with zero attached hydrogens (tertiary/aromatic N) is 1. The number of carbonyl (C=O) groups excluding carboxylic acids is 1. The summed E-state index contributed by atoms with van der Waals surface area (Å²) in [6, 6.07) is 6.66. The molecule has 2 fully saturated rings. The fraction of sp³-hybridized carbons (Fsp3) is 0.500. The van der Waals surface area contributed by atoms with Crippen molar-refractivity contribution in [2.75, 3.05) is 6.61 Å². The molecule has 2 aromatic rings. The molecule has 0 aliphatic heterocycles. The average molecular weight is 382 g/mol. The maximum absolute atomic E-state index is 12.2. The normalized spacial score (nSPS) is 26.7. The van der Waals surface area contributed by atoms with Gasteiger partial charge in [-0.15, -0.1) is 0 Å². The first-order chi connectivity index (χ1) is 13.2. The van der Waals surface area contributed by atoms with Crippen LogP contribution in [0.2, 0.25) is 0 Å². The van der Waals surface area contributed by atoms with E-state index in [2.05, 4.69) is 31.3 Å². The molecule has 28 heavy (non-hydrogen) atoms. The van der Waals surface area contributed by atoms with Crippen molar-refractivity contribution >= 4 is 22.6 Å². The summed E-state index contributed by atoms with van der Waals surface area (Å²) in [5, 5.41) is 5.28. The largest absolute Gasteiger partial charge is 0.484 e. The first kappa shape index (κ1) is 18.7. The lowest BCUT2D eigenvalue weighted by atomic mass is 9.70. The van der Waals surface area contributed by atoms with Gasteiger partial charge in [0.2, 0.25) is 0 Å². The van der Waals surface area contributed by atoms with Crippen LogP contribution in [-0.4, -0.2) is 18.2 Å². The van der Waals surface area contributed by atoms with Crippen molar-refractivity contribution in [2.45, 2.75) is 47.0 Å². The molecule has 0 spiro atoms. The van der Waals surface area contributed by atoms with Gasteiger partial charge in [-0.2, -0.15) is 5.10 Å². The molecular weight excluding hydrogens is 356 g/mol.